The lowest BCUT2D eigenvalue weighted by molar-refractivity contribution is -0.377. The van der Waals surface area contributed by atoms with Crippen LogP contribution >= 0.6 is 0 Å². The Morgan fingerprint density at radius 3 is 1.35 bits per heavy atom. The molecule has 3 fully saturated rings. The van der Waals surface area contributed by atoms with Gasteiger partial charge in [-0.25, -0.2) is 0 Å². The maximum atomic E-state index is 10.6. The zero-order valence-corrected chi connectivity index (χ0v) is 17.7. The minimum absolute atomic E-state index is 0.741. The van der Waals surface area contributed by atoms with Crippen molar-refractivity contribution in [1.29, 1.82) is 0 Å². The van der Waals surface area contributed by atoms with Crippen LogP contribution in [0.3, 0.4) is 0 Å². The lowest BCUT2D eigenvalue weighted by Gasteiger charge is -2.47. The summed E-state index contributed by atoms with van der Waals surface area (Å²) in [7, 11) is 0. The molecule has 16 heteroatoms. The molecule has 0 bridgehead atoms. The Balaban J connectivity index is 1.72. The van der Waals surface area contributed by atoms with Crippen LogP contribution in [0.4, 0.5) is 0 Å². The van der Waals surface area contributed by atoms with Gasteiger partial charge >= 0.3 is 0 Å². The topological polar surface area (TPSA) is 269 Å². The minimum atomic E-state index is -1.91. The molecule has 0 aromatic carbocycles. The molecule has 3 heterocycles. The van der Waals surface area contributed by atoms with Gasteiger partial charge in [0, 0.05) is 0 Å². The molecule has 0 saturated carbocycles. The van der Waals surface area contributed by atoms with Crippen LogP contribution in [-0.4, -0.2) is 168 Å². The molecule has 11 N–H and O–H groups in total. The van der Waals surface area contributed by atoms with E-state index in [1.807, 2.05) is 0 Å². The Labute approximate surface area is 192 Å². The molecule has 0 aliphatic carbocycles. The third-order valence-corrected chi connectivity index (χ3v) is 6.09. The molecule has 3 aliphatic rings. The second kappa shape index (κ2) is 11.6. The van der Waals surface area contributed by atoms with E-state index in [1.165, 1.54) is 0 Å². The fourth-order valence-electron chi connectivity index (χ4n) is 4.06. The summed E-state index contributed by atoms with van der Waals surface area (Å²) >= 11 is 0. The van der Waals surface area contributed by atoms with Crippen molar-refractivity contribution in [2.45, 2.75) is 92.1 Å². The van der Waals surface area contributed by atoms with Crippen molar-refractivity contribution < 1.29 is 79.9 Å². The molecule has 3 aliphatic heterocycles. The normalized spacial score (nSPS) is 52.5. The third-order valence-electron chi connectivity index (χ3n) is 6.09. The summed E-state index contributed by atoms with van der Waals surface area (Å²) in [5.41, 5.74) is 0. The van der Waals surface area contributed by atoms with Gasteiger partial charge in [-0.1, -0.05) is 0 Å². The summed E-state index contributed by atoms with van der Waals surface area (Å²) < 4.78 is 26.4. The number of hydrogen-bond donors (Lipinski definition) is 11. The zero-order chi connectivity index (χ0) is 25.3. The van der Waals surface area contributed by atoms with Crippen molar-refractivity contribution in [2.24, 2.45) is 0 Å². The molecular formula is C18H32O16. The fourth-order valence-corrected chi connectivity index (χ4v) is 4.06. The van der Waals surface area contributed by atoms with Gasteiger partial charge in [-0.3, -0.25) is 0 Å². The molecule has 3 saturated heterocycles. The van der Waals surface area contributed by atoms with E-state index in [2.05, 4.69) is 0 Å². The second-order valence-corrected chi connectivity index (χ2v) is 8.33. The van der Waals surface area contributed by atoms with Gasteiger partial charge in [0.2, 0.25) is 0 Å². The van der Waals surface area contributed by atoms with Gasteiger partial charge in [0.15, 0.2) is 18.9 Å². The second-order valence-electron chi connectivity index (χ2n) is 8.33. The first-order chi connectivity index (χ1) is 16.0. The molecule has 200 valence electrons. The predicted molar refractivity (Wildman–Crippen MR) is 101 cm³/mol. The molecule has 34 heavy (non-hydrogen) atoms. The summed E-state index contributed by atoms with van der Waals surface area (Å²) in [6.45, 7) is -2.32. The zero-order valence-electron chi connectivity index (χ0n) is 17.7. The smallest absolute Gasteiger partial charge is 0.187 e. The fraction of sp³-hybridized carbons (Fsp3) is 1.00. The van der Waals surface area contributed by atoms with E-state index in [1.54, 1.807) is 0 Å². The standard InChI is InChI=1S/C18H32O16/c19-1-4-7(22)8(23)12(27)17(31-4)34-15-6(3-21)32-18(13(28)10(15)25)33-14-5(2-20)30-16(29)11(26)9(14)24/h4-29H,1-3H2/t4?,5?,6?,7-,8-,9+,10?,11?,12?,13-,14+,15-,16+,17+,18-/m0/s1. The van der Waals surface area contributed by atoms with Crippen LogP contribution in [0.2, 0.25) is 0 Å². The van der Waals surface area contributed by atoms with Crippen LogP contribution < -0.4 is 0 Å². The molecule has 0 spiro atoms. The first-order valence-electron chi connectivity index (χ1n) is 10.6. The monoisotopic (exact) mass is 504 g/mol. The average Bonchev–Trinajstić information content (AvgIpc) is 2.83. The maximum Gasteiger partial charge on any atom is 0.187 e. The number of aliphatic hydroxyl groups is 11. The molecule has 0 aromatic rings. The highest BCUT2D eigenvalue weighted by Gasteiger charge is 2.53. The van der Waals surface area contributed by atoms with Crippen molar-refractivity contribution in [1.82, 2.24) is 0 Å². The predicted octanol–water partition coefficient (Wildman–Crippen LogP) is -7.57. The van der Waals surface area contributed by atoms with Gasteiger partial charge in [-0.15, -0.1) is 0 Å². The van der Waals surface area contributed by atoms with E-state index >= 15 is 0 Å². The Morgan fingerprint density at radius 1 is 0.441 bits per heavy atom. The van der Waals surface area contributed by atoms with E-state index in [4.69, 9.17) is 23.7 Å². The van der Waals surface area contributed by atoms with Gasteiger partial charge < -0.3 is 79.9 Å². The number of aliphatic hydroxyl groups excluding tert-OH is 11. The Morgan fingerprint density at radius 2 is 0.853 bits per heavy atom. The summed E-state index contributed by atoms with van der Waals surface area (Å²) in [4.78, 5) is 0. The molecule has 16 nitrogen and oxygen atoms in total. The Bertz CT molecular complexity index is 635. The van der Waals surface area contributed by atoms with Crippen molar-refractivity contribution in [3.05, 3.63) is 0 Å². The van der Waals surface area contributed by atoms with E-state index in [-0.39, 0.29) is 0 Å². The van der Waals surface area contributed by atoms with E-state index < -0.39 is 112 Å². The Kier molecular flexibility index (Phi) is 9.54. The quantitative estimate of drug-likeness (QED) is 0.154. The van der Waals surface area contributed by atoms with Gasteiger partial charge in [0.05, 0.1) is 19.8 Å². The molecule has 0 amide bonds. The molecule has 0 aromatic heterocycles. The van der Waals surface area contributed by atoms with Gasteiger partial charge in [0.25, 0.3) is 0 Å². The van der Waals surface area contributed by atoms with Gasteiger partial charge in [-0.2, -0.15) is 0 Å². The summed E-state index contributed by atoms with van der Waals surface area (Å²) in [5.74, 6) is 0. The van der Waals surface area contributed by atoms with Crippen LogP contribution in [-0.2, 0) is 23.7 Å². The van der Waals surface area contributed by atoms with Crippen molar-refractivity contribution in [2.75, 3.05) is 19.8 Å². The van der Waals surface area contributed by atoms with Crippen LogP contribution in [0.5, 0.6) is 0 Å². The molecule has 15 atom stereocenters. The van der Waals surface area contributed by atoms with Crippen molar-refractivity contribution in [3.8, 4) is 0 Å². The highest BCUT2D eigenvalue weighted by atomic mass is 16.8. The number of hydrogen-bond acceptors (Lipinski definition) is 16. The number of rotatable bonds is 7. The van der Waals surface area contributed by atoms with Gasteiger partial charge in [0.1, 0.15) is 73.2 Å². The minimum Gasteiger partial charge on any atom is -0.394 e. The molecule has 6 unspecified atom stereocenters. The summed E-state index contributed by atoms with van der Waals surface area (Å²) in [6, 6.07) is 0. The third kappa shape index (κ3) is 5.37. The van der Waals surface area contributed by atoms with E-state index in [9.17, 15) is 56.2 Å². The maximum absolute atomic E-state index is 10.6. The van der Waals surface area contributed by atoms with Crippen LogP contribution in [0, 0.1) is 0 Å². The lowest BCUT2D eigenvalue weighted by atomic mass is 9.96. The van der Waals surface area contributed by atoms with Crippen LogP contribution in [0.1, 0.15) is 0 Å². The Hall–Kier alpha value is -0.640. The average molecular weight is 504 g/mol. The summed E-state index contributed by atoms with van der Waals surface area (Å²) in [6.07, 6.45) is -25.1. The van der Waals surface area contributed by atoms with Crippen molar-refractivity contribution in [3.63, 3.8) is 0 Å². The first kappa shape index (κ1) is 27.9. The van der Waals surface area contributed by atoms with Crippen LogP contribution in [0.15, 0.2) is 0 Å². The van der Waals surface area contributed by atoms with Crippen molar-refractivity contribution >= 4 is 0 Å². The lowest BCUT2D eigenvalue weighted by Crippen LogP contribution is -2.66. The van der Waals surface area contributed by atoms with Crippen LogP contribution in [0.25, 0.3) is 0 Å². The number of ether oxygens (including phenoxy) is 5. The molecule has 0 radical (unpaired) electrons. The SMILES string of the molecule is OCC1O[C@@H](O[C@@H]2C(CO)O[C@@H](O)C(O)[C@H]2O)[C@@H](O)C(O)[C@H]1O[C@H]1OC(CO)[C@H](O)[C@H](O)C1O. The highest BCUT2D eigenvalue weighted by molar-refractivity contribution is 4.96. The van der Waals surface area contributed by atoms with E-state index in [0.717, 1.165) is 0 Å². The largest absolute Gasteiger partial charge is 0.394 e. The van der Waals surface area contributed by atoms with E-state index in [0.29, 0.717) is 0 Å². The summed E-state index contributed by atoms with van der Waals surface area (Å²) in [5, 5.41) is 109. The van der Waals surface area contributed by atoms with Gasteiger partial charge in [-0.05, 0) is 0 Å². The first-order valence-corrected chi connectivity index (χ1v) is 10.6. The highest BCUT2D eigenvalue weighted by Crippen LogP contribution is 2.32. The molecule has 3 rings (SSSR count). The molecular weight excluding hydrogens is 472 g/mol.